The quantitative estimate of drug-likeness (QED) is 0.880. The average molecular weight is 357 g/mol. The van der Waals surface area contributed by atoms with E-state index in [9.17, 15) is 9.90 Å². The summed E-state index contributed by atoms with van der Waals surface area (Å²) in [6.07, 6.45) is 10.0. The maximum Gasteiger partial charge on any atom is 0.272 e. The topological polar surface area (TPSA) is 56.7 Å². The Bertz CT molecular complexity index is 611. The van der Waals surface area contributed by atoms with E-state index in [1.807, 2.05) is 17.0 Å². The third-order valence-corrected chi connectivity index (χ3v) is 6.60. The molecule has 3 aliphatic rings. The number of nitrogens with zero attached hydrogens (tertiary/aromatic N) is 3. The van der Waals surface area contributed by atoms with E-state index >= 15 is 0 Å². The molecular weight excluding hydrogens is 326 g/mol. The third kappa shape index (κ3) is 3.94. The summed E-state index contributed by atoms with van der Waals surface area (Å²) in [4.78, 5) is 21.3. The van der Waals surface area contributed by atoms with Crippen LogP contribution in [0.5, 0.6) is 0 Å². The summed E-state index contributed by atoms with van der Waals surface area (Å²) >= 11 is 0. The second-order valence-corrected chi connectivity index (χ2v) is 8.62. The molecule has 1 aliphatic carbocycles. The van der Waals surface area contributed by atoms with Crippen LogP contribution in [0, 0.1) is 11.3 Å². The summed E-state index contributed by atoms with van der Waals surface area (Å²) in [5.74, 6) is 0.918. The molecule has 1 amide bonds. The Hall–Kier alpha value is -1.46. The van der Waals surface area contributed by atoms with Crippen molar-refractivity contribution in [2.45, 2.75) is 51.0 Å². The van der Waals surface area contributed by atoms with Gasteiger partial charge in [0.15, 0.2) is 0 Å². The molecule has 142 valence electrons. The van der Waals surface area contributed by atoms with Crippen molar-refractivity contribution in [1.82, 2.24) is 14.8 Å². The number of aliphatic hydroxyl groups excluding tert-OH is 1. The molecule has 0 bridgehead atoms. The SMILES string of the molecule is O=C(c1ccccn1)N1CCC(N2CCC[C@](CO)(CC3CC3)C2)CC1. The van der Waals surface area contributed by atoms with Gasteiger partial charge in [0, 0.05) is 43.9 Å². The Morgan fingerprint density at radius 1 is 1.19 bits per heavy atom. The van der Waals surface area contributed by atoms with Gasteiger partial charge in [-0.2, -0.15) is 0 Å². The molecule has 0 unspecified atom stereocenters. The monoisotopic (exact) mass is 357 g/mol. The molecule has 5 nitrogen and oxygen atoms in total. The number of aliphatic hydroxyl groups is 1. The predicted octanol–water partition coefficient (Wildman–Crippen LogP) is 2.56. The second-order valence-electron chi connectivity index (χ2n) is 8.62. The number of rotatable bonds is 5. The highest BCUT2D eigenvalue weighted by molar-refractivity contribution is 5.92. The lowest BCUT2D eigenvalue weighted by atomic mass is 9.75. The largest absolute Gasteiger partial charge is 0.396 e. The van der Waals surface area contributed by atoms with Gasteiger partial charge in [0.05, 0.1) is 0 Å². The normalized spacial score (nSPS) is 28.3. The molecule has 5 heteroatoms. The second kappa shape index (κ2) is 7.65. The van der Waals surface area contributed by atoms with Crippen molar-refractivity contribution in [2.24, 2.45) is 11.3 Å². The number of aromatic nitrogens is 1. The van der Waals surface area contributed by atoms with E-state index in [1.54, 1.807) is 12.3 Å². The van der Waals surface area contributed by atoms with Gasteiger partial charge in [0.1, 0.15) is 5.69 Å². The molecule has 2 saturated heterocycles. The van der Waals surface area contributed by atoms with Crippen LogP contribution in [0.15, 0.2) is 24.4 Å². The van der Waals surface area contributed by atoms with Crippen LogP contribution in [-0.4, -0.2) is 64.6 Å². The van der Waals surface area contributed by atoms with Crippen molar-refractivity contribution >= 4 is 5.91 Å². The Balaban J connectivity index is 1.33. The van der Waals surface area contributed by atoms with Crippen LogP contribution in [0.2, 0.25) is 0 Å². The molecular formula is C21H31N3O2. The van der Waals surface area contributed by atoms with Gasteiger partial charge in [0.2, 0.25) is 0 Å². The highest BCUT2D eigenvalue weighted by Gasteiger charge is 2.41. The van der Waals surface area contributed by atoms with Crippen LogP contribution in [0.1, 0.15) is 55.4 Å². The Morgan fingerprint density at radius 2 is 2.00 bits per heavy atom. The lowest BCUT2D eigenvalue weighted by molar-refractivity contribution is -0.00966. The minimum atomic E-state index is 0.0566. The maximum absolute atomic E-state index is 12.6. The minimum Gasteiger partial charge on any atom is -0.396 e. The van der Waals surface area contributed by atoms with Gasteiger partial charge >= 0.3 is 0 Å². The average Bonchev–Trinajstić information content (AvgIpc) is 3.52. The first-order valence-electron chi connectivity index (χ1n) is 10.2. The van der Waals surface area contributed by atoms with Crippen molar-refractivity contribution in [3.63, 3.8) is 0 Å². The van der Waals surface area contributed by atoms with E-state index in [-0.39, 0.29) is 11.3 Å². The molecule has 1 aromatic heterocycles. The summed E-state index contributed by atoms with van der Waals surface area (Å²) < 4.78 is 0. The van der Waals surface area contributed by atoms with Crippen molar-refractivity contribution in [3.8, 4) is 0 Å². The summed E-state index contributed by atoms with van der Waals surface area (Å²) in [7, 11) is 0. The molecule has 1 N–H and O–H groups in total. The minimum absolute atomic E-state index is 0.0566. The van der Waals surface area contributed by atoms with E-state index in [2.05, 4.69) is 9.88 Å². The highest BCUT2D eigenvalue weighted by atomic mass is 16.3. The van der Waals surface area contributed by atoms with Gasteiger partial charge in [-0.1, -0.05) is 18.9 Å². The lowest BCUT2D eigenvalue weighted by Crippen LogP contribution is -2.53. The van der Waals surface area contributed by atoms with Crippen LogP contribution in [0.25, 0.3) is 0 Å². The number of piperidine rings is 2. The molecule has 26 heavy (non-hydrogen) atoms. The van der Waals surface area contributed by atoms with Crippen molar-refractivity contribution < 1.29 is 9.90 Å². The molecule has 1 atom stereocenters. The number of hydrogen-bond acceptors (Lipinski definition) is 4. The molecule has 3 heterocycles. The van der Waals surface area contributed by atoms with Crippen molar-refractivity contribution in [1.29, 1.82) is 0 Å². The van der Waals surface area contributed by atoms with Gasteiger partial charge in [-0.3, -0.25) is 14.7 Å². The van der Waals surface area contributed by atoms with E-state index in [0.29, 0.717) is 18.3 Å². The molecule has 1 aromatic rings. The standard InChI is InChI=1S/C21H31N3O2/c25-16-21(14-17-5-6-17)9-3-11-24(15-21)18-7-12-23(13-8-18)20(26)19-4-1-2-10-22-19/h1-2,4,10,17-18,25H,3,5-9,11-16H2/t21-/m0/s1. The van der Waals surface area contributed by atoms with Crippen molar-refractivity contribution in [3.05, 3.63) is 30.1 Å². The Kier molecular flexibility index (Phi) is 5.28. The van der Waals surface area contributed by atoms with Gasteiger partial charge in [-0.15, -0.1) is 0 Å². The van der Waals surface area contributed by atoms with Gasteiger partial charge in [-0.05, 0) is 56.7 Å². The Labute approximate surface area is 156 Å². The highest BCUT2D eigenvalue weighted by Crippen LogP contribution is 2.45. The van der Waals surface area contributed by atoms with Crippen LogP contribution >= 0.6 is 0 Å². The predicted molar refractivity (Wildman–Crippen MR) is 101 cm³/mol. The molecule has 4 rings (SSSR count). The van der Waals surface area contributed by atoms with Gasteiger partial charge in [-0.25, -0.2) is 0 Å². The summed E-state index contributed by atoms with van der Waals surface area (Å²) in [6.45, 7) is 4.14. The lowest BCUT2D eigenvalue weighted by Gasteiger charge is -2.47. The van der Waals surface area contributed by atoms with E-state index in [4.69, 9.17) is 0 Å². The molecule has 3 fully saturated rings. The van der Waals surface area contributed by atoms with Crippen LogP contribution in [-0.2, 0) is 0 Å². The van der Waals surface area contributed by atoms with Crippen molar-refractivity contribution in [2.75, 3.05) is 32.8 Å². The molecule has 2 aliphatic heterocycles. The van der Waals surface area contributed by atoms with E-state index in [1.165, 1.54) is 32.1 Å². The smallest absolute Gasteiger partial charge is 0.272 e. The summed E-state index contributed by atoms with van der Waals surface area (Å²) in [5, 5.41) is 10.1. The third-order valence-electron chi connectivity index (χ3n) is 6.60. The maximum atomic E-state index is 12.6. The first-order chi connectivity index (χ1) is 12.7. The number of pyridine rings is 1. The fourth-order valence-electron chi connectivity index (χ4n) is 4.94. The zero-order valence-corrected chi connectivity index (χ0v) is 15.6. The number of hydrogen-bond donors (Lipinski definition) is 1. The number of carbonyl (C=O) groups excluding carboxylic acids is 1. The molecule has 0 aromatic carbocycles. The Morgan fingerprint density at radius 3 is 2.65 bits per heavy atom. The summed E-state index contributed by atoms with van der Waals surface area (Å²) in [5.41, 5.74) is 0.674. The zero-order chi connectivity index (χ0) is 18.0. The van der Waals surface area contributed by atoms with Crippen LogP contribution < -0.4 is 0 Å². The van der Waals surface area contributed by atoms with E-state index < -0.39 is 0 Å². The number of amides is 1. The van der Waals surface area contributed by atoms with Crippen LogP contribution in [0.4, 0.5) is 0 Å². The fourth-order valence-corrected chi connectivity index (χ4v) is 4.94. The van der Waals surface area contributed by atoms with Gasteiger partial charge < -0.3 is 10.0 Å². The zero-order valence-electron chi connectivity index (χ0n) is 15.6. The van der Waals surface area contributed by atoms with Gasteiger partial charge in [0.25, 0.3) is 5.91 Å². The van der Waals surface area contributed by atoms with Crippen LogP contribution in [0.3, 0.4) is 0 Å². The fraction of sp³-hybridized carbons (Fsp3) is 0.714. The van der Waals surface area contributed by atoms with E-state index in [0.717, 1.165) is 44.9 Å². The first kappa shape index (κ1) is 17.9. The molecule has 0 spiro atoms. The first-order valence-corrected chi connectivity index (χ1v) is 10.2. The molecule has 0 radical (unpaired) electrons. The number of likely N-dealkylation sites (tertiary alicyclic amines) is 2. The number of carbonyl (C=O) groups is 1. The molecule has 1 saturated carbocycles. The summed E-state index contributed by atoms with van der Waals surface area (Å²) in [6, 6.07) is 6.06.